The van der Waals surface area contributed by atoms with Gasteiger partial charge in [-0.2, -0.15) is 10.4 Å². The average molecular weight is 559 g/mol. The third kappa shape index (κ3) is 5.98. The number of hydrogen-bond acceptors (Lipinski definition) is 7. The number of hydrogen-bond donors (Lipinski definition) is 0. The van der Waals surface area contributed by atoms with Crippen molar-refractivity contribution >= 4 is 35.5 Å². The minimum absolute atomic E-state index is 0.00855. The Labute approximate surface area is 236 Å². The number of para-hydroxylation sites is 1. The Hall–Kier alpha value is -4.68. The van der Waals surface area contributed by atoms with E-state index in [9.17, 15) is 19.6 Å². The number of nitrogens with zero attached hydrogens (tertiary/aromatic N) is 4. The SMILES string of the molecule is CCOc1ccc(-c2nn(-c3ccccc3)cc2/C=C2/C(=O)N(CCCOC(C)=O)C(=O)C(C#N)=C2C)cc1Cl. The molecule has 2 heterocycles. The highest BCUT2D eigenvalue weighted by molar-refractivity contribution is 6.32. The molecule has 0 radical (unpaired) electrons. The van der Waals surface area contributed by atoms with Crippen molar-refractivity contribution in [3.8, 4) is 28.8 Å². The lowest BCUT2D eigenvalue weighted by Gasteiger charge is -2.27. The summed E-state index contributed by atoms with van der Waals surface area (Å²) in [6.07, 6.45) is 3.65. The van der Waals surface area contributed by atoms with Gasteiger partial charge < -0.3 is 9.47 Å². The number of nitriles is 1. The molecular weight excluding hydrogens is 532 g/mol. The number of rotatable bonds is 9. The highest BCUT2D eigenvalue weighted by Gasteiger charge is 2.35. The van der Waals surface area contributed by atoms with Crippen molar-refractivity contribution in [1.82, 2.24) is 14.7 Å². The molecule has 9 nitrogen and oxygen atoms in total. The molecule has 0 bridgehead atoms. The van der Waals surface area contributed by atoms with Gasteiger partial charge in [-0.05, 0) is 62.2 Å². The van der Waals surface area contributed by atoms with Gasteiger partial charge in [0.05, 0.1) is 23.9 Å². The molecule has 2 aromatic carbocycles. The first-order chi connectivity index (χ1) is 19.2. The van der Waals surface area contributed by atoms with Crippen molar-refractivity contribution in [2.45, 2.75) is 27.2 Å². The van der Waals surface area contributed by atoms with Gasteiger partial charge in [0, 0.05) is 36.4 Å². The Balaban J connectivity index is 1.81. The lowest BCUT2D eigenvalue weighted by atomic mass is 9.93. The molecule has 1 aliphatic rings. The number of ether oxygens (including phenoxy) is 2. The van der Waals surface area contributed by atoms with Crippen LogP contribution in [0.4, 0.5) is 0 Å². The quantitative estimate of drug-likeness (QED) is 0.155. The molecule has 10 heteroatoms. The van der Waals surface area contributed by atoms with Gasteiger partial charge in [0.15, 0.2) is 0 Å². The lowest BCUT2D eigenvalue weighted by molar-refractivity contribution is -0.141. The van der Waals surface area contributed by atoms with Crippen molar-refractivity contribution in [3.05, 3.63) is 82.0 Å². The first-order valence-corrected chi connectivity index (χ1v) is 13.0. The Morgan fingerprint density at radius 1 is 1.15 bits per heavy atom. The summed E-state index contributed by atoms with van der Waals surface area (Å²) < 4.78 is 12.2. The molecule has 0 N–H and O–H groups in total. The highest BCUT2D eigenvalue weighted by Crippen LogP contribution is 2.34. The second-order valence-electron chi connectivity index (χ2n) is 8.92. The van der Waals surface area contributed by atoms with Crippen LogP contribution in [0.2, 0.25) is 5.02 Å². The molecule has 1 aromatic heterocycles. The van der Waals surface area contributed by atoms with Gasteiger partial charge in [-0.25, -0.2) is 4.68 Å². The van der Waals surface area contributed by atoms with Gasteiger partial charge in [-0.3, -0.25) is 19.3 Å². The topological polar surface area (TPSA) is 115 Å². The van der Waals surface area contributed by atoms with Crippen LogP contribution in [0.1, 0.15) is 32.8 Å². The first-order valence-electron chi connectivity index (χ1n) is 12.7. The van der Waals surface area contributed by atoms with Gasteiger partial charge in [-0.1, -0.05) is 29.8 Å². The Morgan fingerprint density at radius 3 is 2.55 bits per heavy atom. The second-order valence-corrected chi connectivity index (χ2v) is 9.32. The summed E-state index contributed by atoms with van der Waals surface area (Å²) in [4.78, 5) is 38.6. The summed E-state index contributed by atoms with van der Waals surface area (Å²) >= 11 is 6.48. The third-order valence-corrected chi connectivity index (χ3v) is 6.52. The van der Waals surface area contributed by atoms with Crippen LogP contribution in [0.3, 0.4) is 0 Å². The lowest BCUT2D eigenvalue weighted by Crippen LogP contribution is -2.43. The van der Waals surface area contributed by atoms with Gasteiger partial charge >= 0.3 is 5.97 Å². The predicted molar refractivity (Wildman–Crippen MR) is 149 cm³/mol. The van der Waals surface area contributed by atoms with Crippen LogP contribution in [-0.2, 0) is 19.1 Å². The highest BCUT2D eigenvalue weighted by atomic mass is 35.5. The smallest absolute Gasteiger partial charge is 0.302 e. The zero-order valence-electron chi connectivity index (χ0n) is 22.3. The number of amides is 2. The third-order valence-electron chi connectivity index (χ3n) is 6.23. The van der Waals surface area contributed by atoms with Gasteiger partial charge in [-0.15, -0.1) is 0 Å². The number of benzene rings is 2. The fourth-order valence-electron chi connectivity index (χ4n) is 4.28. The van der Waals surface area contributed by atoms with E-state index in [0.29, 0.717) is 34.2 Å². The van der Waals surface area contributed by atoms with E-state index in [1.807, 2.05) is 49.4 Å². The molecule has 0 unspecified atom stereocenters. The summed E-state index contributed by atoms with van der Waals surface area (Å²) in [6.45, 7) is 5.22. The maximum absolute atomic E-state index is 13.6. The molecule has 0 saturated carbocycles. The van der Waals surface area contributed by atoms with E-state index in [2.05, 4.69) is 0 Å². The van der Waals surface area contributed by atoms with E-state index in [4.69, 9.17) is 26.2 Å². The van der Waals surface area contributed by atoms with Crippen LogP contribution < -0.4 is 4.74 Å². The van der Waals surface area contributed by atoms with E-state index >= 15 is 0 Å². The van der Waals surface area contributed by atoms with Gasteiger partial charge in [0.2, 0.25) is 0 Å². The van der Waals surface area contributed by atoms with Gasteiger partial charge in [0.1, 0.15) is 23.1 Å². The zero-order valence-corrected chi connectivity index (χ0v) is 23.1. The molecule has 40 heavy (non-hydrogen) atoms. The molecule has 204 valence electrons. The largest absolute Gasteiger partial charge is 0.492 e. The molecule has 0 spiro atoms. The van der Waals surface area contributed by atoms with Crippen molar-refractivity contribution in [2.24, 2.45) is 0 Å². The minimum Gasteiger partial charge on any atom is -0.492 e. The Kier molecular flexibility index (Phi) is 8.82. The molecule has 3 aromatic rings. The average Bonchev–Trinajstić information content (AvgIpc) is 3.36. The second kappa shape index (κ2) is 12.5. The standard InChI is InChI=1S/C30H27ClN4O5/c1-4-39-27-12-11-21(16-26(27)31)28-22(18-35(33-28)23-9-6-5-7-10-23)15-24-19(2)25(17-32)30(38)34(29(24)37)13-8-14-40-20(3)36/h5-7,9-12,15-16,18H,4,8,13-14H2,1-3H3/b24-15+. The molecule has 1 aliphatic heterocycles. The number of imide groups is 1. The predicted octanol–water partition coefficient (Wildman–Crippen LogP) is 5.14. The van der Waals surface area contributed by atoms with Crippen molar-refractivity contribution in [1.29, 1.82) is 5.26 Å². The molecule has 2 amide bonds. The van der Waals surface area contributed by atoms with Gasteiger partial charge in [0.25, 0.3) is 11.8 Å². The molecular formula is C30H27ClN4O5. The van der Waals surface area contributed by atoms with Crippen molar-refractivity contribution in [2.75, 3.05) is 19.8 Å². The molecule has 0 aliphatic carbocycles. The Bertz CT molecular complexity index is 1570. The van der Waals surface area contributed by atoms with E-state index in [1.165, 1.54) is 6.92 Å². The molecule has 0 fully saturated rings. The van der Waals surface area contributed by atoms with Crippen LogP contribution in [0.25, 0.3) is 23.0 Å². The number of halogens is 1. The van der Waals surface area contributed by atoms with Crippen molar-refractivity contribution < 1.29 is 23.9 Å². The van der Waals surface area contributed by atoms with E-state index < -0.39 is 17.8 Å². The monoisotopic (exact) mass is 558 g/mol. The van der Waals surface area contributed by atoms with E-state index in [-0.39, 0.29) is 36.3 Å². The van der Waals surface area contributed by atoms with Crippen LogP contribution in [-0.4, -0.2) is 52.2 Å². The summed E-state index contributed by atoms with van der Waals surface area (Å²) in [6, 6.07) is 16.7. The van der Waals surface area contributed by atoms with Crippen LogP contribution in [0.5, 0.6) is 5.75 Å². The number of aromatic nitrogens is 2. The summed E-state index contributed by atoms with van der Waals surface area (Å²) in [5, 5.41) is 14.9. The minimum atomic E-state index is -0.677. The summed E-state index contributed by atoms with van der Waals surface area (Å²) in [5.74, 6) is -1.14. The first kappa shape index (κ1) is 28.3. The maximum atomic E-state index is 13.6. The maximum Gasteiger partial charge on any atom is 0.302 e. The Morgan fingerprint density at radius 2 is 1.90 bits per heavy atom. The fraction of sp³-hybridized carbons (Fsp3) is 0.233. The van der Waals surface area contributed by atoms with Crippen molar-refractivity contribution in [3.63, 3.8) is 0 Å². The van der Waals surface area contributed by atoms with Crippen LogP contribution in [0, 0.1) is 11.3 Å². The van der Waals surface area contributed by atoms with Crippen LogP contribution >= 0.6 is 11.6 Å². The molecule has 0 atom stereocenters. The van der Waals surface area contributed by atoms with E-state index in [1.54, 1.807) is 36.0 Å². The van der Waals surface area contributed by atoms with Crippen LogP contribution in [0.15, 0.2) is 71.4 Å². The fourth-order valence-corrected chi connectivity index (χ4v) is 4.51. The normalized spacial score (nSPS) is 14.5. The zero-order chi connectivity index (χ0) is 28.8. The summed E-state index contributed by atoms with van der Waals surface area (Å²) in [5.41, 5.74) is 2.95. The molecule has 4 rings (SSSR count). The molecule has 0 saturated heterocycles. The number of esters is 1. The van der Waals surface area contributed by atoms with E-state index in [0.717, 1.165) is 10.6 Å². The number of carbonyl (C=O) groups excluding carboxylic acids is 3. The summed E-state index contributed by atoms with van der Waals surface area (Å²) in [7, 11) is 0. The number of carbonyl (C=O) groups is 3.